The van der Waals surface area contributed by atoms with Crippen LogP contribution in [0.5, 0.6) is 0 Å². The number of methoxy groups -OCH3 is 2. The normalized spacial score (nSPS) is 20.0. The molecule has 9 nitrogen and oxygen atoms in total. The average Bonchev–Trinajstić information content (AvgIpc) is 3.28. The number of amides is 3. The van der Waals surface area contributed by atoms with Gasteiger partial charge < -0.3 is 23.7 Å². The summed E-state index contributed by atoms with van der Waals surface area (Å²) in [6, 6.07) is 3.56. The lowest BCUT2D eigenvalue weighted by Gasteiger charge is -2.42. The van der Waals surface area contributed by atoms with Crippen LogP contribution in [0.2, 0.25) is 0 Å². The van der Waals surface area contributed by atoms with Gasteiger partial charge in [0.25, 0.3) is 5.91 Å². The van der Waals surface area contributed by atoms with Crippen molar-refractivity contribution >= 4 is 17.9 Å². The first-order valence-electron chi connectivity index (χ1n) is 10.8. The number of furan rings is 1. The molecule has 0 unspecified atom stereocenters. The minimum atomic E-state index is -0.913. The molecule has 0 radical (unpaired) electrons. The first kappa shape index (κ1) is 23.3. The van der Waals surface area contributed by atoms with Crippen molar-refractivity contribution in [1.82, 2.24) is 14.7 Å². The minimum Gasteiger partial charge on any atom is -0.468 e. The van der Waals surface area contributed by atoms with Crippen LogP contribution in [-0.2, 0) is 19.1 Å². The minimum absolute atomic E-state index is 0.307. The Hall–Kier alpha value is -2.39. The number of piperidine rings is 1. The molecular weight excluding hydrogens is 402 g/mol. The molecule has 1 aromatic rings. The third-order valence-corrected chi connectivity index (χ3v) is 6.46. The molecule has 0 saturated carbocycles. The van der Waals surface area contributed by atoms with E-state index in [1.807, 2.05) is 19.1 Å². The van der Waals surface area contributed by atoms with Gasteiger partial charge >= 0.3 is 12.0 Å². The van der Waals surface area contributed by atoms with E-state index < -0.39 is 17.5 Å². The van der Waals surface area contributed by atoms with Crippen LogP contribution in [0.4, 0.5) is 4.79 Å². The fourth-order valence-corrected chi connectivity index (χ4v) is 4.47. The Morgan fingerprint density at radius 1 is 1.19 bits per heavy atom. The summed E-state index contributed by atoms with van der Waals surface area (Å²) < 4.78 is 15.5. The van der Waals surface area contributed by atoms with Gasteiger partial charge in [-0.2, -0.15) is 0 Å². The van der Waals surface area contributed by atoms with Crippen LogP contribution in [0, 0.1) is 6.92 Å². The topological polar surface area (TPSA) is 92.5 Å². The summed E-state index contributed by atoms with van der Waals surface area (Å²) in [7, 11) is 2.81. The summed E-state index contributed by atoms with van der Waals surface area (Å²) in [5.41, 5.74) is -0.913. The molecule has 2 aliphatic rings. The summed E-state index contributed by atoms with van der Waals surface area (Å²) >= 11 is 0. The van der Waals surface area contributed by atoms with Gasteiger partial charge in [-0.15, -0.1) is 0 Å². The quantitative estimate of drug-likeness (QED) is 0.433. The lowest BCUT2D eigenvalue weighted by atomic mass is 9.85. The molecule has 3 heterocycles. The van der Waals surface area contributed by atoms with Crippen molar-refractivity contribution in [3.63, 3.8) is 0 Å². The van der Waals surface area contributed by atoms with E-state index in [9.17, 15) is 14.4 Å². The number of rotatable bonds is 9. The zero-order chi connectivity index (χ0) is 22.6. The maximum Gasteiger partial charge on any atom is 0.328 e. The Morgan fingerprint density at radius 3 is 2.48 bits per heavy atom. The Labute approximate surface area is 183 Å². The van der Waals surface area contributed by atoms with Crippen molar-refractivity contribution in [3.8, 4) is 0 Å². The Bertz CT molecular complexity index is 799. The molecular formula is C22H33N3O6. The van der Waals surface area contributed by atoms with Crippen molar-refractivity contribution in [2.24, 2.45) is 0 Å². The second-order valence-electron chi connectivity index (χ2n) is 8.41. The Kier molecular flexibility index (Phi) is 7.38. The molecule has 2 aliphatic heterocycles. The number of ether oxygens (including phenoxy) is 2. The van der Waals surface area contributed by atoms with Gasteiger partial charge in [-0.3, -0.25) is 14.5 Å². The molecule has 0 N–H and O–H groups in total. The van der Waals surface area contributed by atoms with Crippen LogP contribution in [-0.4, -0.2) is 91.7 Å². The van der Waals surface area contributed by atoms with E-state index in [4.69, 9.17) is 9.15 Å². The van der Waals surface area contributed by atoms with Gasteiger partial charge in [-0.1, -0.05) is 6.92 Å². The maximum absolute atomic E-state index is 13.3. The zero-order valence-electron chi connectivity index (χ0n) is 18.9. The molecule has 1 aromatic heterocycles. The van der Waals surface area contributed by atoms with Crippen LogP contribution < -0.4 is 0 Å². The predicted octanol–water partition coefficient (Wildman–Crippen LogP) is 2.00. The lowest BCUT2D eigenvalue weighted by Crippen LogP contribution is -2.57. The third-order valence-electron chi connectivity index (χ3n) is 6.46. The molecule has 9 heteroatoms. The smallest absolute Gasteiger partial charge is 0.328 e. The standard InChI is InChI=1S/C22H33N3O6/c1-16(18-6-5-17(2)31-18)7-10-23-11-8-22(9-12-23)20(27)24(15-19(26)30-4)21(28)25(22)13-14-29-3/h5-6,16H,7-15H2,1-4H3/t16-/m0/s1. The average molecular weight is 436 g/mol. The van der Waals surface area contributed by atoms with Gasteiger partial charge in [0, 0.05) is 32.7 Å². The second kappa shape index (κ2) is 9.82. The van der Waals surface area contributed by atoms with Crippen molar-refractivity contribution < 1.29 is 28.3 Å². The van der Waals surface area contributed by atoms with E-state index in [1.165, 1.54) is 7.11 Å². The third kappa shape index (κ3) is 4.77. The van der Waals surface area contributed by atoms with Crippen LogP contribution in [0.15, 0.2) is 16.5 Å². The maximum atomic E-state index is 13.3. The van der Waals surface area contributed by atoms with E-state index >= 15 is 0 Å². The van der Waals surface area contributed by atoms with Gasteiger partial charge in [0.15, 0.2) is 0 Å². The van der Waals surface area contributed by atoms with E-state index in [0.29, 0.717) is 45.0 Å². The lowest BCUT2D eigenvalue weighted by molar-refractivity contribution is -0.146. The fraction of sp³-hybridized carbons (Fsp3) is 0.682. The number of hydrogen-bond acceptors (Lipinski definition) is 7. The van der Waals surface area contributed by atoms with Crippen molar-refractivity contribution in [3.05, 3.63) is 23.7 Å². The monoisotopic (exact) mass is 435 g/mol. The summed E-state index contributed by atoms with van der Waals surface area (Å²) in [6.45, 7) is 6.69. The van der Waals surface area contributed by atoms with Crippen LogP contribution in [0.25, 0.3) is 0 Å². The second-order valence-corrected chi connectivity index (χ2v) is 8.41. The number of urea groups is 1. The molecule has 2 saturated heterocycles. The molecule has 0 bridgehead atoms. The number of likely N-dealkylation sites (tertiary alicyclic amines) is 1. The fourth-order valence-electron chi connectivity index (χ4n) is 4.47. The van der Waals surface area contributed by atoms with Gasteiger partial charge in [0.05, 0.1) is 13.7 Å². The molecule has 3 rings (SSSR count). The van der Waals surface area contributed by atoms with Gasteiger partial charge in [0.1, 0.15) is 23.6 Å². The van der Waals surface area contributed by atoms with E-state index in [0.717, 1.165) is 29.4 Å². The molecule has 1 spiro atoms. The van der Waals surface area contributed by atoms with E-state index in [-0.39, 0.29) is 12.5 Å². The zero-order valence-corrected chi connectivity index (χ0v) is 18.9. The first-order chi connectivity index (χ1) is 14.8. The Morgan fingerprint density at radius 2 is 1.90 bits per heavy atom. The van der Waals surface area contributed by atoms with Crippen molar-refractivity contribution in [1.29, 1.82) is 0 Å². The van der Waals surface area contributed by atoms with E-state index in [1.54, 1.807) is 12.0 Å². The number of esters is 1. The molecule has 0 aliphatic carbocycles. The highest BCUT2D eigenvalue weighted by Crippen LogP contribution is 2.37. The number of nitrogens with zero attached hydrogens (tertiary/aromatic N) is 3. The summed E-state index contributed by atoms with van der Waals surface area (Å²) in [6.07, 6.45) is 2.02. The number of hydrogen-bond donors (Lipinski definition) is 0. The van der Waals surface area contributed by atoms with E-state index in [2.05, 4.69) is 16.6 Å². The summed E-state index contributed by atoms with van der Waals surface area (Å²) in [5, 5.41) is 0. The number of carbonyl (C=O) groups is 3. The highest BCUT2D eigenvalue weighted by atomic mass is 16.5. The number of carbonyl (C=O) groups excluding carboxylic acids is 3. The predicted molar refractivity (Wildman–Crippen MR) is 113 cm³/mol. The molecule has 31 heavy (non-hydrogen) atoms. The molecule has 1 atom stereocenters. The molecule has 0 aromatic carbocycles. The Balaban J connectivity index is 1.64. The van der Waals surface area contributed by atoms with Crippen LogP contribution >= 0.6 is 0 Å². The number of aryl methyl sites for hydroxylation is 1. The molecule has 2 fully saturated rings. The molecule has 172 valence electrons. The SMILES string of the molecule is COCCN1C(=O)N(CC(=O)OC)C(=O)C12CCN(CC[C@H](C)c1ccc(C)o1)CC2. The van der Waals surface area contributed by atoms with Crippen molar-refractivity contribution in [2.75, 3.05) is 53.6 Å². The summed E-state index contributed by atoms with van der Waals surface area (Å²) in [4.78, 5) is 42.9. The molecule has 3 amide bonds. The highest BCUT2D eigenvalue weighted by Gasteiger charge is 2.58. The highest BCUT2D eigenvalue weighted by molar-refractivity contribution is 6.08. The van der Waals surface area contributed by atoms with Crippen LogP contribution in [0.3, 0.4) is 0 Å². The largest absolute Gasteiger partial charge is 0.468 e. The van der Waals surface area contributed by atoms with Gasteiger partial charge in [-0.05, 0) is 44.9 Å². The van der Waals surface area contributed by atoms with Gasteiger partial charge in [0.2, 0.25) is 0 Å². The first-order valence-corrected chi connectivity index (χ1v) is 10.8. The van der Waals surface area contributed by atoms with Gasteiger partial charge in [-0.25, -0.2) is 4.79 Å². The van der Waals surface area contributed by atoms with Crippen LogP contribution in [0.1, 0.15) is 43.6 Å². The number of imide groups is 1. The van der Waals surface area contributed by atoms with Crippen molar-refractivity contribution in [2.45, 2.75) is 44.6 Å². The summed E-state index contributed by atoms with van der Waals surface area (Å²) in [5.74, 6) is 1.31.